The van der Waals surface area contributed by atoms with Crippen LogP contribution >= 0.6 is 11.6 Å². The van der Waals surface area contributed by atoms with E-state index in [1.165, 1.54) is 24.5 Å². The highest BCUT2D eigenvalue weighted by molar-refractivity contribution is 6.34. The van der Waals surface area contributed by atoms with E-state index < -0.39 is 23.3 Å². The van der Waals surface area contributed by atoms with Gasteiger partial charge in [-0.2, -0.15) is 13.2 Å². The van der Waals surface area contributed by atoms with E-state index in [0.717, 1.165) is 12.1 Å². The molecule has 1 aromatic heterocycles. The Morgan fingerprint density at radius 1 is 1.29 bits per heavy atom. The minimum Gasteiger partial charge on any atom is -0.399 e. The second-order valence-electron chi connectivity index (χ2n) is 4.11. The fourth-order valence-electron chi connectivity index (χ4n) is 1.65. The van der Waals surface area contributed by atoms with Crippen LogP contribution in [0, 0.1) is 0 Å². The Kier molecular flexibility index (Phi) is 4.04. The molecule has 1 amide bonds. The standard InChI is InChI=1S/C13H9ClF3N3O/c14-10-6-19-4-3-8(10)12(21)20-11-2-1-7(18)5-9(11)13(15,16)17/h1-6H,18H2,(H,20,21). The Labute approximate surface area is 122 Å². The third kappa shape index (κ3) is 3.43. The molecule has 0 aliphatic heterocycles. The molecule has 2 rings (SSSR count). The lowest BCUT2D eigenvalue weighted by atomic mass is 10.1. The van der Waals surface area contributed by atoms with Crippen molar-refractivity contribution in [1.82, 2.24) is 4.98 Å². The minimum absolute atomic E-state index is 0.0246. The number of anilines is 2. The molecule has 1 heterocycles. The number of nitrogen functional groups attached to an aromatic ring is 1. The maximum absolute atomic E-state index is 12.9. The van der Waals surface area contributed by atoms with Crippen LogP contribution in [-0.4, -0.2) is 10.9 Å². The summed E-state index contributed by atoms with van der Waals surface area (Å²) in [6.45, 7) is 0. The van der Waals surface area contributed by atoms with Crippen LogP contribution in [-0.2, 0) is 6.18 Å². The van der Waals surface area contributed by atoms with E-state index in [0.29, 0.717) is 0 Å². The second-order valence-corrected chi connectivity index (χ2v) is 4.52. The summed E-state index contributed by atoms with van der Waals surface area (Å²) in [7, 11) is 0. The summed E-state index contributed by atoms with van der Waals surface area (Å²) in [5.74, 6) is -0.766. The summed E-state index contributed by atoms with van der Waals surface area (Å²) in [4.78, 5) is 15.7. The average molecular weight is 316 g/mol. The highest BCUT2D eigenvalue weighted by atomic mass is 35.5. The first-order valence-electron chi connectivity index (χ1n) is 5.66. The van der Waals surface area contributed by atoms with Gasteiger partial charge in [-0.15, -0.1) is 0 Å². The third-order valence-corrected chi connectivity index (χ3v) is 2.92. The van der Waals surface area contributed by atoms with Gasteiger partial charge < -0.3 is 11.1 Å². The van der Waals surface area contributed by atoms with Gasteiger partial charge in [-0.1, -0.05) is 11.6 Å². The zero-order chi connectivity index (χ0) is 15.6. The van der Waals surface area contributed by atoms with Gasteiger partial charge in [0, 0.05) is 18.1 Å². The van der Waals surface area contributed by atoms with Gasteiger partial charge in [0.25, 0.3) is 5.91 Å². The Morgan fingerprint density at radius 2 is 2.00 bits per heavy atom. The topological polar surface area (TPSA) is 68.0 Å². The molecular weight excluding hydrogens is 307 g/mol. The highest BCUT2D eigenvalue weighted by Gasteiger charge is 2.34. The zero-order valence-electron chi connectivity index (χ0n) is 10.4. The Morgan fingerprint density at radius 3 is 2.62 bits per heavy atom. The largest absolute Gasteiger partial charge is 0.418 e. The monoisotopic (exact) mass is 315 g/mol. The number of benzene rings is 1. The van der Waals surface area contributed by atoms with Gasteiger partial charge in [-0.25, -0.2) is 0 Å². The minimum atomic E-state index is -4.64. The number of nitrogens with two attached hydrogens (primary N) is 1. The summed E-state index contributed by atoms with van der Waals surface area (Å²) in [5, 5.41) is 2.22. The van der Waals surface area contributed by atoms with Crippen molar-refractivity contribution in [2.75, 3.05) is 11.1 Å². The van der Waals surface area contributed by atoms with Gasteiger partial charge in [0.1, 0.15) is 0 Å². The number of aromatic nitrogens is 1. The lowest BCUT2D eigenvalue weighted by molar-refractivity contribution is -0.136. The number of amides is 1. The molecule has 0 aliphatic rings. The van der Waals surface area contributed by atoms with E-state index >= 15 is 0 Å². The van der Waals surface area contributed by atoms with Crippen LogP contribution in [0.2, 0.25) is 5.02 Å². The van der Waals surface area contributed by atoms with Crippen molar-refractivity contribution in [3.05, 3.63) is 52.8 Å². The molecule has 110 valence electrons. The van der Waals surface area contributed by atoms with Crippen molar-refractivity contribution in [3.8, 4) is 0 Å². The van der Waals surface area contributed by atoms with Crippen LogP contribution in [0.4, 0.5) is 24.5 Å². The van der Waals surface area contributed by atoms with Crippen molar-refractivity contribution in [1.29, 1.82) is 0 Å². The van der Waals surface area contributed by atoms with Crippen LogP contribution in [0.15, 0.2) is 36.7 Å². The quantitative estimate of drug-likeness (QED) is 0.832. The summed E-state index contributed by atoms with van der Waals surface area (Å²) in [5.41, 5.74) is 3.90. The number of pyridine rings is 1. The van der Waals surface area contributed by atoms with Crippen LogP contribution < -0.4 is 11.1 Å². The van der Waals surface area contributed by atoms with Gasteiger partial charge >= 0.3 is 6.18 Å². The van der Waals surface area contributed by atoms with Crippen LogP contribution in [0.25, 0.3) is 0 Å². The van der Waals surface area contributed by atoms with Crippen molar-refractivity contribution in [3.63, 3.8) is 0 Å². The van der Waals surface area contributed by atoms with Gasteiger partial charge in [-0.05, 0) is 24.3 Å². The Hall–Kier alpha value is -2.28. The molecule has 1 aromatic carbocycles. The fraction of sp³-hybridized carbons (Fsp3) is 0.0769. The molecule has 0 aliphatic carbocycles. The molecule has 0 bridgehead atoms. The highest BCUT2D eigenvalue weighted by Crippen LogP contribution is 2.36. The predicted octanol–water partition coefficient (Wildman–Crippen LogP) is 3.59. The molecule has 8 heteroatoms. The van der Waals surface area contributed by atoms with Crippen molar-refractivity contribution >= 4 is 28.9 Å². The number of halogens is 4. The maximum atomic E-state index is 12.9. The first-order valence-corrected chi connectivity index (χ1v) is 6.04. The van der Waals surface area contributed by atoms with Gasteiger partial charge in [0.15, 0.2) is 0 Å². The lowest BCUT2D eigenvalue weighted by Crippen LogP contribution is -2.17. The van der Waals surface area contributed by atoms with E-state index in [9.17, 15) is 18.0 Å². The average Bonchev–Trinajstić information content (AvgIpc) is 2.40. The van der Waals surface area contributed by atoms with E-state index in [1.807, 2.05) is 0 Å². The van der Waals surface area contributed by atoms with Crippen LogP contribution in [0.1, 0.15) is 15.9 Å². The van der Waals surface area contributed by atoms with Crippen LogP contribution in [0.3, 0.4) is 0 Å². The number of carbonyl (C=O) groups excluding carboxylic acids is 1. The maximum Gasteiger partial charge on any atom is 0.418 e. The van der Waals surface area contributed by atoms with Gasteiger partial charge in [0.2, 0.25) is 0 Å². The number of rotatable bonds is 2. The molecular formula is C13H9ClF3N3O. The van der Waals surface area contributed by atoms with Gasteiger partial charge in [-0.3, -0.25) is 9.78 Å². The number of nitrogens with one attached hydrogen (secondary N) is 1. The van der Waals surface area contributed by atoms with Crippen molar-refractivity contribution in [2.24, 2.45) is 0 Å². The molecule has 3 N–H and O–H groups in total. The normalized spacial score (nSPS) is 11.2. The van der Waals surface area contributed by atoms with Crippen molar-refractivity contribution < 1.29 is 18.0 Å². The number of hydrogen-bond donors (Lipinski definition) is 2. The third-order valence-electron chi connectivity index (χ3n) is 2.61. The van der Waals surface area contributed by atoms with Crippen molar-refractivity contribution in [2.45, 2.75) is 6.18 Å². The number of carbonyl (C=O) groups is 1. The predicted molar refractivity (Wildman–Crippen MR) is 73.1 cm³/mol. The van der Waals surface area contributed by atoms with Gasteiger partial charge in [0.05, 0.1) is 21.8 Å². The van der Waals surface area contributed by atoms with E-state index in [-0.39, 0.29) is 16.3 Å². The summed E-state index contributed by atoms with van der Waals surface area (Å²) in [6.07, 6.45) is -2.10. The summed E-state index contributed by atoms with van der Waals surface area (Å²) in [6, 6.07) is 4.41. The second kappa shape index (κ2) is 5.61. The molecule has 4 nitrogen and oxygen atoms in total. The molecule has 0 saturated heterocycles. The summed E-state index contributed by atoms with van der Waals surface area (Å²) < 4.78 is 38.8. The lowest BCUT2D eigenvalue weighted by Gasteiger charge is -2.14. The first kappa shape index (κ1) is 15.1. The van der Waals surface area contributed by atoms with E-state index in [4.69, 9.17) is 17.3 Å². The fourth-order valence-corrected chi connectivity index (χ4v) is 1.86. The molecule has 0 fully saturated rings. The molecule has 2 aromatic rings. The molecule has 0 spiro atoms. The molecule has 21 heavy (non-hydrogen) atoms. The molecule has 0 saturated carbocycles. The Bertz CT molecular complexity index is 689. The number of alkyl halides is 3. The van der Waals surface area contributed by atoms with Crippen LogP contribution in [0.5, 0.6) is 0 Å². The Balaban J connectivity index is 2.36. The summed E-state index contributed by atoms with van der Waals surface area (Å²) >= 11 is 5.77. The smallest absolute Gasteiger partial charge is 0.399 e. The first-order chi connectivity index (χ1) is 9.79. The number of hydrogen-bond acceptors (Lipinski definition) is 3. The number of nitrogens with zero attached hydrogens (tertiary/aromatic N) is 1. The van der Waals surface area contributed by atoms with E-state index in [1.54, 1.807) is 0 Å². The SMILES string of the molecule is Nc1ccc(NC(=O)c2ccncc2Cl)c(C(F)(F)F)c1. The molecule has 0 unspecified atom stereocenters. The van der Waals surface area contributed by atoms with E-state index in [2.05, 4.69) is 10.3 Å². The molecule has 0 atom stereocenters. The molecule has 0 radical (unpaired) electrons. The zero-order valence-corrected chi connectivity index (χ0v) is 11.2.